The maximum Gasteiger partial charge on any atom is 0.324 e. The molecule has 5 nitrogen and oxygen atoms in total. The number of benzene rings is 2. The van der Waals surface area contributed by atoms with E-state index >= 15 is 0 Å². The van der Waals surface area contributed by atoms with Gasteiger partial charge in [-0.2, -0.15) is 0 Å². The first kappa shape index (κ1) is 19.5. The SMILES string of the molecule is CN(Cc1ccc(C(=O)N2CC3CCCC2C3)cc1)C(=O)N(C)c1ccccc1. The lowest BCUT2D eigenvalue weighted by molar-refractivity contribution is 0.0733. The van der Waals surface area contributed by atoms with Crippen LogP contribution in [0.4, 0.5) is 10.5 Å². The van der Waals surface area contributed by atoms with Crippen LogP contribution in [0.1, 0.15) is 41.6 Å². The Hall–Kier alpha value is -2.82. The number of hydrogen-bond acceptors (Lipinski definition) is 2. The van der Waals surface area contributed by atoms with Crippen LogP contribution in [-0.4, -0.2) is 48.4 Å². The summed E-state index contributed by atoms with van der Waals surface area (Å²) in [5.74, 6) is 0.845. The highest BCUT2D eigenvalue weighted by molar-refractivity contribution is 5.95. The lowest BCUT2D eigenvalue weighted by Crippen LogP contribution is -2.38. The van der Waals surface area contributed by atoms with Crippen LogP contribution in [-0.2, 0) is 6.54 Å². The van der Waals surface area contributed by atoms with E-state index < -0.39 is 0 Å². The van der Waals surface area contributed by atoms with Gasteiger partial charge in [0.1, 0.15) is 0 Å². The van der Waals surface area contributed by atoms with Gasteiger partial charge >= 0.3 is 6.03 Å². The van der Waals surface area contributed by atoms with Gasteiger partial charge in [-0.15, -0.1) is 0 Å². The largest absolute Gasteiger partial charge is 0.335 e. The zero-order valence-corrected chi connectivity index (χ0v) is 17.3. The zero-order chi connectivity index (χ0) is 20.4. The third-order valence-corrected chi connectivity index (χ3v) is 6.29. The molecule has 4 rings (SSSR count). The number of carbonyl (C=O) groups is 2. The Labute approximate surface area is 172 Å². The predicted octanol–water partition coefficient (Wildman–Crippen LogP) is 4.39. The summed E-state index contributed by atoms with van der Waals surface area (Å²) in [6, 6.07) is 17.7. The number of urea groups is 1. The van der Waals surface area contributed by atoms with Crippen molar-refractivity contribution in [3.63, 3.8) is 0 Å². The lowest BCUT2D eigenvalue weighted by Gasteiger charge is -2.26. The van der Waals surface area contributed by atoms with Crippen molar-refractivity contribution in [3.05, 3.63) is 65.7 Å². The van der Waals surface area contributed by atoms with Crippen LogP contribution in [0.3, 0.4) is 0 Å². The predicted molar refractivity (Wildman–Crippen MR) is 115 cm³/mol. The quantitative estimate of drug-likeness (QED) is 0.776. The number of carbonyl (C=O) groups excluding carboxylic acids is 2. The van der Waals surface area contributed by atoms with Gasteiger partial charge in [-0.3, -0.25) is 9.69 Å². The van der Waals surface area contributed by atoms with Gasteiger partial charge in [0.15, 0.2) is 0 Å². The lowest BCUT2D eigenvalue weighted by atomic mass is 9.90. The van der Waals surface area contributed by atoms with E-state index in [0.29, 0.717) is 18.5 Å². The first-order valence-corrected chi connectivity index (χ1v) is 10.5. The van der Waals surface area contributed by atoms with Gasteiger partial charge in [-0.1, -0.05) is 36.8 Å². The topological polar surface area (TPSA) is 43.9 Å². The van der Waals surface area contributed by atoms with Crippen molar-refractivity contribution < 1.29 is 9.59 Å². The Bertz CT molecular complexity index is 865. The number of nitrogens with zero attached hydrogens (tertiary/aromatic N) is 3. The zero-order valence-electron chi connectivity index (χ0n) is 17.3. The molecule has 1 saturated carbocycles. The molecule has 1 aliphatic heterocycles. The molecule has 152 valence electrons. The van der Waals surface area contributed by atoms with Crippen molar-refractivity contribution in [3.8, 4) is 0 Å². The van der Waals surface area contributed by atoms with Crippen LogP contribution in [0.2, 0.25) is 0 Å². The van der Waals surface area contributed by atoms with Crippen LogP contribution >= 0.6 is 0 Å². The van der Waals surface area contributed by atoms with Crippen LogP contribution in [0, 0.1) is 5.92 Å². The smallest absolute Gasteiger partial charge is 0.324 e. The molecule has 3 amide bonds. The van der Waals surface area contributed by atoms with Gasteiger partial charge in [-0.25, -0.2) is 4.79 Å². The van der Waals surface area contributed by atoms with E-state index in [1.807, 2.05) is 54.6 Å². The molecule has 0 N–H and O–H groups in total. The van der Waals surface area contributed by atoms with Crippen LogP contribution in [0.5, 0.6) is 0 Å². The number of likely N-dealkylation sites (tertiary alicyclic amines) is 1. The fraction of sp³-hybridized carbons (Fsp3) is 0.417. The number of rotatable bonds is 4. The minimum Gasteiger partial charge on any atom is -0.335 e. The summed E-state index contributed by atoms with van der Waals surface area (Å²) in [6.07, 6.45) is 4.82. The molecule has 29 heavy (non-hydrogen) atoms. The maximum atomic E-state index is 12.9. The standard InChI is InChI=1S/C24H29N3O2/c1-25(24(29)26(2)21-8-4-3-5-9-21)16-18-11-13-20(14-12-18)23(28)27-17-19-7-6-10-22(27)15-19/h3-5,8-9,11-14,19,22H,6-7,10,15-17H2,1-2H3. The molecule has 2 aromatic rings. The molecule has 2 fully saturated rings. The van der Waals surface area contributed by atoms with Gasteiger partial charge < -0.3 is 9.80 Å². The molecule has 1 saturated heterocycles. The second kappa shape index (κ2) is 8.27. The molecule has 0 spiro atoms. The molecule has 1 heterocycles. The first-order valence-electron chi connectivity index (χ1n) is 10.5. The number of hydrogen-bond donors (Lipinski definition) is 0. The average molecular weight is 392 g/mol. The Kier molecular flexibility index (Phi) is 5.56. The third-order valence-electron chi connectivity index (χ3n) is 6.29. The Morgan fingerprint density at radius 1 is 1.00 bits per heavy atom. The van der Waals surface area contributed by atoms with E-state index in [9.17, 15) is 9.59 Å². The molecule has 2 bridgehead atoms. The normalized spacial score (nSPS) is 20.4. The van der Waals surface area contributed by atoms with Crippen molar-refractivity contribution in [1.29, 1.82) is 0 Å². The Morgan fingerprint density at radius 3 is 2.41 bits per heavy atom. The molecular formula is C24H29N3O2. The van der Waals surface area contributed by atoms with E-state index in [1.54, 1.807) is 23.9 Å². The Balaban J connectivity index is 1.38. The van der Waals surface area contributed by atoms with E-state index in [4.69, 9.17) is 0 Å². The van der Waals surface area contributed by atoms with Gasteiger partial charge in [0.2, 0.25) is 0 Å². The molecule has 2 atom stereocenters. The van der Waals surface area contributed by atoms with E-state index in [-0.39, 0.29) is 11.9 Å². The number of para-hydroxylation sites is 1. The molecule has 2 aromatic carbocycles. The van der Waals surface area contributed by atoms with Crippen molar-refractivity contribution in [2.45, 2.75) is 38.3 Å². The van der Waals surface area contributed by atoms with Gasteiger partial charge in [0, 0.05) is 44.5 Å². The highest BCUT2D eigenvalue weighted by Crippen LogP contribution is 2.36. The number of fused-ring (bicyclic) bond motifs is 2. The maximum absolute atomic E-state index is 12.9. The van der Waals surface area contributed by atoms with E-state index in [0.717, 1.165) is 29.8 Å². The summed E-state index contributed by atoms with van der Waals surface area (Å²) in [5, 5.41) is 0. The summed E-state index contributed by atoms with van der Waals surface area (Å²) in [7, 11) is 3.58. The summed E-state index contributed by atoms with van der Waals surface area (Å²) >= 11 is 0. The molecule has 1 aliphatic carbocycles. The highest BCUT2D eigenvalue weighted by Gasteiger charge is 2.37. The van der Waals surface area contributed by atoms with Crippen molar-refractivity contribution in [1.82, 2.24) is 9.80 Å². The van der Waals surface area contributed by atoms with Gasteiger partial charge in [0.05, 0.1) is 0 Å². The summed E-state index contributed by atoms with van der Waals surface area (Å²) in [6.45, 7) is 1.41. The molecular weight excluding hydrogens is 362 g/mol. The molecule has 2 aliphatic rings. The molecule has 2 unspecified atom stereocenters. The van der Waals surface area contributed by atoms with Crippen LogP contribution in [0.15, 0.2) is 54.6 Å². The second-order valence-corrected chi connectivity index (χ2v) is 8.37. The van der Waals surface area contributed by atoms with Crippen molar-refractivity contribution in [2.24, 2.45) is 5.92 Å². The molecule has 0 radical (unpaired) electrons. The summed E-state index contributed by atoms with van der Waals surface area (Å²) < 4.78 is 0. The Morgan fingerprint density at radius 2 is 1.72 bits per heavy atom. The fourth-order valence-corrected chi connectivity index (χ4v) is 4.67. The molecule has 0 aromatic heterocycles. The minimum atomic E-state index is -0.0688. The van der Waals surface area contributed by atoms with Crippen molar-refractivity contribution >= 4 is 17.6 Å². The first-order chi connectivity index (χ1) is 14.0. The molecule has 5 heteroatoms. The second-order valence-electron chi connectivity index (χ2n) is 8.37. The minimum absolute atomic E-state index is 0.0688. The van der Waals surface area contributed by atoms with Crippen LogP contribution in [0.25, 0.3) is 0 Å². The average Bonchev–Trinajstić information content (AvgIpc) is 3.06. The summed E-state index contributed by atoms with van der Waals surface area (Å²) in [4.78, 5) is 31.0. The van der Waals surface area contributed by atoms with E-state index in [2.05, 4.69) is 4.90 Å². The van der Waals surface area contributed by atoms with Gasteiger partial charge in [0.25, 0.3) is 5.91 Å². The summed E-state index contributed by atoms with van der Waals surface area (Å²) in [5.41, 5.74) is 2.62. The third kappa shape index (κ3) is 4.14. The van der Waals surface area contributed by atoms with Crippen LogP contribution < -0.4 is 4.90 Å². The van der Waals surface area contributed by atoms with Gasteiger partial charge in [-0.05, 0) is 55.0 Å². The monoisotopic (exact) mass is 391 g/mol. The van der Waals surface area contributed by atoms with E-state index in [1.165, 1.54) is 19.3 Å². The number of amides is 3. The highest BCUT2D eigenvalue weighted by atomic mass is 16.2. The number of anilines is 1. The fourth-order valence-electron chi connectivity index (χ4n) is 4.67. The van der Waals surface area contributed by atoms with Crippen molar-refractivity contribution in [2.75, 3.05) is 25.5 Å².